The number of anilines is 2. The maximum absolute atomic E-state index is 11.8. The molecule has 1 aliphatic heterocycles. The van der Waals surface area contributed by atoms with Crippen molar-refractivity contribution in [3.8, 4) is 0 Å². The molecule has 7 heteroatoms. The Bertz CT molecular complexity index is 747. The number of likely N-dealkylation sites (tertiary alicyclic amines) is 1. The van der Waals surface area contributed by atoms with Crippen LogP contribution in [0.1, 0.15) is 32.3 Å². The molecule has 28 heavy (non-hydrogen) atoms. The fourth-order valence-electron chi connectivity index (χ4n) is 3.39. The van der Waals surface area contributed by atoms with E-state index < -0.39 is 0 Å². The number of carbonyl (C=O) groups excluding carboxylic acids is 1. The Hall–Kier alpha value is -2.83. The van der Waals surface area contributed by atoms with Crippen molar-refractivity contribution in [3.63, 3.8) is 0 Å². The Labute approximate surface area is 166 Å². The lowest BCUT2D eigenvalue weighted by atomic mass is 10.1. The van der Waals surface area contributed by atoms with Gasteiger partial charge in [-0.2, -0.15) is 0 Å². The number of nitrogens with zero attached hydrogens (tertiary/aromatic N) is 4. The maximum atomic E-state index is 11.8. The SMILES string of the molecule is CCOC(=O)N1CCC(Nc2cc(N(CC)Cc3ccccc3)ncn2)CC1. The van der Waals surface area contributed by atoms with Gasteiger partial charge >= 0.3 is 6.09 Å². The number of piperidine rings is 1. The summed E-state index contributed by atoms with van der Waals surface area (Å²) >= 11 is 0. The van der Waals surface area contributed by atoms with E-state index in [4.69, 9.17) is 4.74 Å². The van der Waals surface area contributed by atoms with Crippen LogP contribution in [0, 0.1) is 0 Å². The maximum Gasteiger partial charge on any atom is 0.409 e. The average Bonchev–Trinajstić information content (AvgIpc) is 2.73. The van der Waals surface area contributed by atoms with Crippen molar-refractivity contribution >= 4 is 17.7 Å². The number of nitrogens with one attached hydrogen (secondary N) is 1. The van der Waals surface area contributed by atoms with Gasteiger partial charge in [-0.3, -0.25) is 0 Å². The first-order chi connectivity index (χ1) is 13.7. The highest BCUT2D eigenvalue weighted by atomic mass is 16.6. The summed E-state index contributed by atoms with van der Waals surface area (Å²) in [5.74, 6) is 1.74. The average molecular weight is 383 g/mol. The van der Waals surface area contributed by atoms with Gasteiger partial charge in [0.25, 0.3) is 0 Å². The summed E-state index contributed by atoms with van der Waals surface area (Å²) in [6, 6.07) is 12.7. The molecule has 2 heterocycles. The van der Waals surface area contributed by atoms with Crippen LogP contribution in [0.25, 0.3) is 0 Å². The van der Waals surface area contributed by atoms with E-state index in [0.717, 1.165) is 37.6 Å². The Kier molecular flexibility index (Phi) is 7.06. The van der Waals surface area contributed by atoms with Crippen LogP contribution in [0.2, 0.25) is 0 Å². The van der Waals surface area contributed by atoms with Crippen molar-refractivity contribution in [1.29, 1.82) is 0 Å². The molecular formula is C21H29N5O2. The van der Waals surface area contributed by atoms with Crippen LogP contribution in [0.4, 0.5) is 16.4 Å². The predicted molar refractivity (Wildman–Crippen MR) is 110 cm³/mol. The molecule has 3 rings (SSSR count). The van der Waals surface area contributed by atoms with E-state index in [1.807, 2.05) is 19.1 Å². The van der Waals surface area contributed by atoms with Gasteiger partial charge in [-0.05, 0) is 32.3 Å². The van der Waals surface area contributed by atoms with Gasteiger partial charge in [0.1, 0.15) is 18.0 Å². The lowest BCUT2D eigenvalue weighted by Crippen LogP contribution is -2.42. The molecule has 7 nitrogen and oxygen atoms in total. The Morgan fingerprint density at radius 2 is 1.96 bits per heavy atom. The standard InChI is InChI=1S/C21H29N5O2/c1-3-25(15-17-8-6-5-7-9-17)20-14-19(22-16-23-20)24-18-10-12-26(13-11-18)21(27)28-4-2/h5-9,14,16,18H,3-4,10-13,15H2,1-2H3,(H,22,23,24). The van der Waals surface area contributed by atoms with E-state index in [2.05, 4.69) is 51.4 Å². The lowest BCUT2D eigenvalue weighted by Gasteiger charge is -2.32. The first-order valence-corrected chi connectivity index (χ1v) is 9.98. The predicted octanol–water partition coefficient (Wildman–Crippen LogP) is 3.54. The van der Waals surface area contributed by atoms with E-state index in [-0.39, 0.29) is 12.1 Å². The first-order valence-electron chi connectivity index (χ1n) is 9.98. The molecule has 0 saturated carbocycles. The zero-order valence-corrected chi connectivity index (χ0v) is 16.7. The molecule has 2 aromatic rings. The number of hydrogen-bond acceptors (Lipinski definition) is 6. The molecule has 0 unspecified atom stereocenters. The van der Waals surface area contributed by atoms with E-state index in [1.165, 1.54) is 5.56 Å². The first kappa shape index (κ1) is 19.9. The normalized spacial score (nSPS) is 14.6. The van der Waals surface area contributed by atoms with Crippen LogP contribution in [0.15, 0.2) is 42.7 Å². The second-order valence-electron chi connectivity index (χ2n) is 6.87. The molecule has 150 valence electrons. The van der Waals surface area contributed by atoms with E-state index >= 15 is 0 Å². The quantitative estimate of drug-likeness (QED) is 0.789. The molecule has 1 amide bonds. The molecule has 0 aliphatic carbocycles. The molecule has 0 spiro atoms. The topological polar surface area (TPSA) is 70.6 Å². The largest absolute Gasteiger partial charge is 0.450 e. The van der Waals surface area contributed by atoms with E-state index in [1.54, 1.807) is 11.2 Å². The third-order valence-electron chi connectivity index (χ3n) is 4.95. The van der Waals surface area contributed by atoms with Crippen LogP contribution in [0.3, 0.4) is 0 Å². The zero-order chi connectivity index (χ0) is 19.8. The van der Waals surface area contributed by atoms with Gasteiger partial charge < -0.3 is 19.9 Å². The molecule has 1 fully saturated rings. The number of rotatable bonds is 7. The summed E-state index contributed by atoms with van der Waals surface area (Å²) in [4.78, 5) is 24.7. The van der Waals surface area contributed by atoms with Crippen LogP contribution in [-0.2, 0) is 11.3 Å². The van der Waals surface area contributed by atoms with Crippen molar-refractivity contribution in [2.45, 2.75) is 39.3 Å². The highest BCUT2D eigenvalue weighted by Crippen LogP contribution is 2.20. The number of carbonyl (C=O) groups is 1. The van der Waals surface area contributed by atoms with Crippen LogP contribution < -0.4 is 10.2 Å². The van der Waals surface area contributed by atoms with Gasteiger partial charge in [0.2, 0.25) is 0 Å². The molecule has 1 N–H and O–H groups in total. The number of aromatic nitrogens is 2. The molecule has 1 aliphatic rings. The monoisotopic (exact) mass is 383 g/mol. The Morgan fingerprint density at radius 3 is 2.64 bits per heavy atom. The van der Waals surface area contributed by atoms with E-state index in [0.29, 0.717) is 19.7 Å². The van der Waals surface area contributed by atoms with Crippen LogP contribution in [0.5, 0.6) is 0 Å². The fraction of sp³-hybridized carbons (Fsp3) is 0.476. The molecule has 1 aromatic heterocycles. The molecular weight excluding hydrogens is 354 g/mol. The summed E-state index contributed by atoms with van der Waals surface area (Å²) in [7, 11) is 0. The smallest absolute Gasteiger partial charge is 0.409 e. The molecule has 1 aromatic carbocycles. The molecule has 0 atom stereocenters. The minimum atomic E-state index is -0.218. The number of ether oxygens (including phenoxy) is 1. The van der Waals surface area contributed by atoms with Gasteiger partial charge in [-0.15, -0.1) is 0 Å². The van der Waals surface area contributed by atoms with Gasteiger partial charge in [0.15, 0.2) is 0 Å². The number of amides is 1. The summed E-state index contributed by atoms with van der Waals surface area (Å²) < 4.78 is 5.08. The second kappa shape index (κ2) is 9.92. The fourth-order valence-corrected chi connectivity index (χ4v) is 3.39. The minimum Gasteiger partial charge on any atom is -0.450 e. The van der Waals surface area contributed by atoms with E-state index in [9.17, 15) is 4.79 Å². The van der Waals surface area contributed by atoms with Gasteiger partial charge in [-0.25, -0.2) is 14.8 Å². The van der Waals surface area contributed by atoms with Crippen LogP contribution >= 0.6 is 0 Å². The summed E-state index contributed by atoms with van der Waals surface area (Å²) in [5, 5.41) is 3.50. The molecule has 1 saturated heterocycles. The lowest BCUT2D eigenvalue weighted by molar-refractivity contribution is 0.0983. The van der Waals surface area contributed by atoms with Gasteiger partial charge in [0, 0.05) is 38.3 Å². The summed E-state index contributed by atoms with van der Waals surface area (Å²) in [5.41, 5.74) is 1.25. The van der Waals surface area contributed by atoms with Crippen molar-refractivity contribution < 1.29 is 9.53 Å². The molecule has 0 bridgehead atoms. The highest BCUT2D eigenvalue weighted by Gasteiger charge is 2.23. The highest BCUT2D eigenvalue weighted by molar-refractivity contribution is 5.67. The second-order valence-corrected chi connectivity index (χ2v) is 6.87. The van der Waals surface area contributed by atoms with Crippen LogP contribution in [-0.4, -0.2) is 53.2 Å². The number of hydrogen-bond donors (Lipinski definition) is 1. The van der Waals surface area contributed by atoms with Crippen molar-refractivity contribution in [2.75, 3.05) is 36.5 Å². The number of benzene rings is 1. The Morgan fingerprint density at radius 1 is 1.21 bits per heavy atom. The summed E-state index contributed by atoms with van der Waals surface area (Å²) in [6.07, 6.45) is 3.14. The van der Waals surface area contributed by atoms with Crippen molar-refractivity contribution in [2.24, 2.45) is 0 Å². The van der Waals surface area contributed by atoms with Gasteiger partial charge in [-0.1, -0.05) is 30.3 Å². The van der Waals surface area contributed by atoms with Crippen molar-refractivity contribution in [1.82, 2.24) is 14.9 Å². The Balaban J connectivity index is 1.58. The third-order valence-corrected chi connectivity index (χ3v) is 4.95. The van der Waals surface area contributed by atoms with Crippen molar-refractivity contribution in [3.05, 3.63) is 48.3 Å². The molecule has 0 radical (unpaired) electrons. The third kappa shape index (κ3) is 5.34. The zero-order valence-electron chi connectivity index (χ0n) is 16.7. The summed E-state index contributed by atoms with van der Waals surface area (Å²) in [6.45, 7) is 7.44. The van der Waals surface area contributed by atoms with Gasteiger partial charge in [0.05, 0.1) is 6.61 Å². The minimum absolute atomic E-state index is 0.218.